The van der Waals surface area contributed by atoms with Crippen LogP contribution in [-0.2, 0) is 0 Å². The zero-order valence-electron chi connectivity index (χ0n) is 14.5. The van der Waals surface area contributed by atoms with Gasteiger partial charge in [-0.15, -0.1) is 0 Å². The number of benzene rings is 2. The Bertz CT molecular complexity index is 986. The third kappa shape index (κ3) is 3.22. The van der Waals surface area contributed by atoms with Crippen LogP contribution < -0.4 is 5.32 Å². The Kier molecular flexibility index (Phi) is 4.85. The van der Waals surface area contributed by atoms with E-state index in [9.17, 15) is 14.4 Å². The molecule has 0 fully saturated rings. The highest BCUT2D eigenvalue weighted by molar-refractivity contribution is 5.96. The van der Waals surface area contributed by atoms with Gasteiger partial charge in [0.05, 0.1) is 11.6 Å². The second kappa shape index (κ2) is 7.24. The second-order valence-corrected chi connectivity index (χ2v) is 6.01. The molecule has 0 aliphatic carbocycles. The standard InChI is InChI=1S/C21H18FN3O/c1-14-12-18(15(2)25(14)16-8-4-3-5-9-16)21(26)24-20(13-23)17-10-6-7-11-19(17)22/h3-12,20H,1-2H3,(H,24,26). The van der Waals surface area contributed by atoms with Crippen molar-refractivity contribution in [3.63, 3.8) is 0 Å². The number of hydrogen-bond acceptors (Lipinski definition) is 2. The minimum Gasteiger partial charge on any atom is -0.332 e. The summed E-state index contributed by atoms with van der Waals surface area (Å²) in [6.07, 6.45) is 0. The Labute approximate surface area is 151 Å². The van der Waals surface area contributed by atoms with Crippen molar-refractivity contribution in [1.82, 2.24) is 9.88 Å². The molecular formula is C21H18FN3O. The van der Waals surface area contributed by atoms with Gasteiger partial charge in [0.2, 0.25) is 0 Å². The van der Waals surface area contributed by atoms with Gasteiger partial charge in [0.15, 0.2) is 0 Å². The van der Waals surface area contributed by atoms with E-state index in [0.717, 1.165) is 17.1 Å². The van der Waals surface area contributed by atoms with Gasteiger partial charge in [-0.1, -0.05) is 36.4 Å². The molecule has 0 aliphatic rings. The number of halogens is 1. The van der Waals surface area contributed by atoms with Crippen LogP contribution in [0.25, 0.3) is 5.69 Å². The summed E-state index contributed by atoms with van der Waals surface area (Å²) in [6, 6.07) is 18.3. The Morgan fingerprint density at radius 3 is 2.42 bits per heavy atom. The van der Waals surface area contributed by atoms with Gasteiger partial charge in [-0.25, -0.2) is 4.39 Å². The van der Waals surface area contributed by atoms with Crippen LogP contribution in [0.15, 0.2) is 60.7 Å². The van der Waals surface area contributed by atoms with E-state index < -0.39 is 17.8 Å². The number of aryl methyl sites for hydroxylation is 1. The van der Waals surface area contributed by atoms with E-state index in [1.54, 1.807) is 18.2 Å². The predicted octanol–water partition coefficient (Wildman–Crippen LogP) is 4.23. The second-order valence-electron chi connectivity index (χ2n) is 6.01. The lowest BCUT2D eigenvalue weighted by molar-refractivity contribution is 0.0944. The lowest BCUT2D eigenvalue weighted by Gasteiger charge is -2.13. The van der Waals surface area contributed by atoms with Gasteiger partial charge in [0.25, 0.3) is 5.91 Å². The largest absolute Gasteiger partial charge is 0.332 e. The molecule has 130 valence electrons. The van der Waals surface area contributed by atoms with Crippen molar-refractivity contribution >= 4 is 5.91 Å². The minimum absolute atomic E-state index is 0.153. The first-order valence-electron chi connectivity index (χ1n) is 8.22. The fourth-order valence-corrected chi connectivity index (χ4v) is 3.06. The molecule has 26 heavy (non-hydrogen) atoms. The third-order valence-electron chi connectivity index (χ3n) is 4.31. The Hall–Kier alpha value is -3.39. The normalized spacial score (nSPS) is 11.6. The smallest absolute Gasteiger partial charge is 0.254 e. The Balaban J connectivity index is 1.92. The Morgan fingerprint density at radius 2 is 1.77 bits per heavy atom. The molecule has 0 radical (unpaired) electrons. The molecule has 1 aromatic heterocycles. The summed E-state index contributed by atoms with van der Waals surface area (Å²) in [4.78, 5) is 12.7. The highest BCUT2D eigenvalue weighted by Crippen LogP contribution is 2.22. The molecule has 1 atom stereocenters. The van der Waals surface area contributed by atoms with Crippen LogP contribution in [0.4, 0.5) is 4.39 Å². The number of amides is 1. The molecule has 2 aromatic carbocycles. The number of rotatable bonds is 4. The molecule has 5 heteroatoms. The van der Waals surface area contributed by atoms with Gasteiger partial charge in [-0.05, 0) is 38.1 Å². The summed E-state index contributed by atoms with van der Waals surface area (Å²) in [7, 11) is 0. The van der Waals surface area contributed by atoms with Gasteiger partial charge in [-0.2, -0.15) is 5.26 Å². The highest BCUT2D eigenvalue weighted by atomic mass is 19.1. The van der Waals surface area contributed by atoms with Crippen LogP contribution in [-0.4, -0.2) is 10.5 Å². The third-order valence-corrected chi connectivity index (χ3v) is 4.31. The average Bonchev–Trinajstić information content (AvgIpc) is 2.95. The van der Waals surface area contributed by atoms with Gasteiger partial charge in [0, 0.05) is 22.6 Å². The molecule has 4 nitrogen and oxygen atoms in total. The summed E-state index contributed by atoms with van der Waals surface area (Å²) in [5.41, 5.74) is 3.23. The molecule has 0 saturated heterocycles. The fourth-order valence-electron chi connectivity index (χ4n) is 3.06. The van der Waals surface area contributed by atoms with Crippen LogP contribution in [0.5, 0.6) is 0 Å². The van der Waals surface area contributed by atoms with Gasteiger partial charge >= 0.3 is 0 Å². The number of nitrogens with one attached hydrogen (secondary N) is 1. The molecule has 0 saturated carbocycles. The number of carbonyl (C=O) groups excluding carboxylic acids is 1. The Morgan fingerprint density at radius 1 is 1.12 bits per heavy atom. The predicted molar refractivity (Wildman–Crippen MR) is 97.5 cm³/mol. The fraction of sp³-hybridized carbons (Fsp3) is 0.143. The minimum atomic E-state index is -1.05. The summed E-state index contributed by atoms with van der Waals surface area (Å²) in [5.74, 6) is -0.927. The van der Waals surface area contributed by atoms with E-state index in [0.29, 0.717) is 5.56 Å². The van der Waals surface area contributed by atoms with Crippen molar-refractivity contribution in [1.29, 1.82) is 5.26 Å². The van der Waals surface area contributed by atoms with E-state index in [-0.39, 0.29) is 5.56 Å². The summed E-state index contributed by atoms with van der Waals surface area (Å²) in [6.45, 7) is 3.76. The van der Waals surface area contributed by atoms with Crippen LogP contribution in [0.1, 0.15) is 33.4 Å². The van der Waals surface area contributed by atoms with Crippen molar-refractivity contribution in [2.45, 2.75) is 19.9 Å². The van der Waals surface area contributed by atoms with E-state index in [2.05, 4.69) is 5.32 Å². The van der Waals surface area contributed by atoms with Gasteiger partial charge in [-0.3, -0.25) is 4.79 Å². The maximum Gasteiger partial charge on any atom is 0.254 e. The van der Waals surface area contributed by atoms with Crippen LogP contribution in [0.3, 0.4) is 0 Å². The van der Waals surface area contributed by atoms with Gasteiger partial charge < -0.3 is 9.88 Å². The first-order chi connectivity index (χ1) is 12.5. The molecular weight excluding hydrogens is 329 g/mol. The zero-order chi connectivity index (χ0) is 18.7. The first-order valence-corrected chi connectivity index (χ1v) is 8.22. The molecule has 0 bridgehead atoms. The summed E-state index contributed by atoms with van der Waals surface area (Å²) in [5, 5.41) is 12.0. The summed E-state index contributed by atoms with van der Waals surface area (Å²) < 4.78 is 15.9. The first kappa shape index (κ1) is 17.4. The van der Waals surface area contributed by atoms with E-state index >= 15 is 0 Å². The van der Waals surface area contributed by atoms with Crippen molar-refractivity contribution < 1.29 is 9.18 Å². The topological polar surface area (TPSA) is 57.8 Å². The lowest BCUT2D eigenvalue weighted by atomic mass is 10.1. The monoisotopic (exact) mass is 347 g/mol. The number of nitriles is 1. The van der Waals surface area contributed by atoms with E-state index in [4.69, 9.17) is 0 Å². The summed E-state index contributed by atoms with van der Waals surface area (Å²) >= 11 is 0. The molecule has 1 N–H and O–H groups in total. The SMILES string of the molecule is Cc1cc(C(=O)NC(C#N)c2ccccc2F)c(C)n1-c1ccccc1. The molecule has 3 rings (SSSR count). The van der Waals surface area contributed by atoms with Crippen LogP contribution >= 0.6 is 0 Å². The molecule has 0 aliphatic heterocycles. The number of para-hydroxylation sites is 1. The number of hydrogen-bond donors (Lipinski definition) is 1. The number of aromatic nitrogens is 1. The van der Waals surface area contributed by atoms with Gasteiger partial charge in [0.1, 0.15) is 11.9 Å². The average molecular weight is 347 g/mol. The maximum absolute atomic E-state index is 13.9. The van der Waals surface area contributed by atoms with E-state index in [1.165, 1.54) is 12.1 Å². The molecule has 0 spiro atoms. The highest BCUT2D eigenvalue weighted by Gasteiger charge is 2.22. The van der Waals surface area contributed by atoms with Crippen molar-refractivity contribution in [3.05, 3.63) is 89.0 Å². The van der Waals surface area contributed by atoms with Crippen LogP contribution in [0.2, 0.25) is 0 Å². The zero-order valence-corrected chi connectivity index (χ0v) is 14.5. The van der Waals surface area contributed by atoms with Crippen LogP contribution in [0, 0.1) is 31.0 Å². The molecule has 1 unspecified atom stereocenters. The maximum atomic E-state index is 13.9. The number of carbonyl (C=O) groups is 1. The molecule has 3 aromatic rings. The van der Waals surface area contributed by atoms with Crippen molar-refractivity contribution in [3.8, 4) is 11.8 Å². The van der Waals surface area contributed by atoms with Crippen molar-refractivity contribution in [2.75, 3.05) is 0 Å². The van der Waals surface area contributed by atoms with Crippen molar-refractivity contribution in [2.24, 2.45) is 0 Å². The number of nitrogens with zero attached hydrogens (tertiary/aromatic N) is 2. The molecule has 1 heterocycles. The lowest BCUT2D eigenvalue weighted by Crippen LogP contribution is -2.28. The molecule has 1 amide bonds. The quantitative estimate of drug-likeness (QED) is 0.768. The van der Waals surface area contributed by atoms with E-state index in [1.807, 2.05) is 54.8 Å².